The molecule has 0 bridgehead atoms. The Morgan fingerprint density at radius 2 is 1.78 bits per heavy atom. The van der Waals surface area contributed by atoms with Crippen molar-refractivity contribution in [3.63, 3.8) is 0 Å². The van der Waals surface area contributed by atoms with Crippen LogP contribution in [0.1, 0.15) is 22.0 Å². The molecular formula is C24H20ClFN4O2. The predicted octanol–water partition coefficient (Wildman–Crippen LogP) is 4.67. The second-order valence-electron chi connectivity index (χ2n) is 7.52. The average Bonchev–Trinajstić information content (AvgIpc) is 3.50. The maximum absolute atomic E-state index is 13.6. The van der Waals surface area contributed by atoms with Crippen LogP contribution in [0.5, 0.6) is 0 Å². The highest BCUT2D eigenvalue weighted by atomic mass is 35.5. The van der Waals surface area contributed by atoms with E-state index in [4.69, 9.17) is 16.3 Å². The minimum absolute atomic E-state index is 0.135. The van der Waals surface area contributed by atoms with Crippen molar-refractivity contribution in [3.8, 4) is 11.5 Å². The maximum Gasteiger partial charge on any atom is 0.259 e. The first kappa shape index (κ1) is 20.5. The molecule has 1 aliphatic heterocycles. The van der Waals surface area contributed by atoms with Gasteiger partial charge in [-0.3, -0.25) is 4.79 Å². The lowest BCUT2D eigenvalue weighted by Gasteiger charge is -2.33. The van der Waals surface area contributed by atoms with Gasteiger partial charge < -0.3 is 14.2 Å². The molecule has 5 rings (SSSR count). The van der Waals surface area contributed by atoms with E-state index in [0.717, 1.165) is 5.56 Å². The Hall–Kier alpha value is -3.42. The van der Waals surface area contributed by atoms with Crippen molar-refractivity contribution in [1.29, 1.82) is 0 Å². The van der Waals surface area contributed by atoms with Gasteiger partial charge in [-0.15, -0.1) is 0 Å². The number of morpholine rings is 1. The van der Waals surface area contributed by atoms with Crippen LogP contribution in [0.4, 0.5) is 4.39 Å². The molecule has 1 amide bonds. The van der Waals surface area contributed by atoms with Crippen LogP contribution in [0, 0.1) is 5.82 Å². The largest absolute Gasteiger partial charge is 0.370 e. The number of hydrogen-bond acceptors (Lipinski definition) is 3. The van der Waals surface area contributed by atoms with Crippen molar-refractivity contribution in [3.05, 3.63) is 101 Å². The fourth-order valence-corrected chi connectivity index (χ4v) is 4.00. The molecule has 2 aromatic carbocycles. The maximum atomic E-state index is 13.6. The first-order valence-corrected chi connectivity index (χ1v) is 10.6. The van der Waals surface area contributed by atoms with Crippen molar-refractivity contribution < 1.29 is 13.9 Å². The van der Waals surface area contributed by atoms with E-state index in [2.05, 4.69) is 5.10 Å². The summed E-state index contributed by atoms with van der Waals surface area (Å²) in [4.78, 5) is 15.3. The van der Waals surface area contributed by atoms with Gasteiger partial charge in [-0.05, 0) is 54.1 Å². The van der Waals surface area contributed by atoms with Gasteiger partial charge in [0.05, 0.1) is 25.0 Å². The fraction of sp³-hybridized carbons (Fsp3) is 0.167. The van der Waals surface area contributed by atoms with Gasteiger partial charge in [-0.25, -0.2) is 9.07 Å². The normalized spacial score (nSPS) is 16.3. The SMILES string of the molecule is O=C(c1cnn(-c2ccc(F)cc2)c1-n1cccc1)N1CCOC(c2ccc(Cl)cc2)C1. The zero-order valence-corrected chi connectivity index (χ0v) is 17.8. The first-order valence-electron chi connectivity index (χ1n) is 10.2. The minimum Gasteiger partial charge on any atom is -0.370 e. The van der Waals surface area contributed by atoms with Gasteiger partial charge >= 0.3 is 0 Å². The van der Waals surface area contributed by atoms with Gasteiger partial charge in [0.2, 0.25) is 0 Å². The molecule has 1 fully saturated rings. The summed E-state index contributed by atoms with van der Waals surface area (Å²) >= 11 is 6.00. The standard InChI is InChI=1S/C24H20ClFN4O2/c25-18-5-3-17(4-6-18)22-16-29(13-14-32-22)24(31)21-15-27-30(20-9-7-19(26)8-10-20)23(21)28-11-1-2-12-28/h1-12,15,22H,13-14,16H2. The van der Waals surface area contributed by atoms with Crippen molar-refractivity contribution in [2.75, 3.05) is 19.7 Å². The van der Waals surface area contributed by atoms with E-state index in [1.807, 2.05) is 53.4 Å². The molecule has 0 radical (unpaired) electrons. The third-order valence-electron chi connectivity index (χ3n) is 5.49. The molecule has 32 heavy (non-hydrogen) atoms. The Morgan fingerprint density at radius 3 is 2.50 bits per heavy atom. The molecule has 1 saturated heterocycles. The number of nitrogens with zero attached hydrogens (tertiary/aromatic N) is 4. The molecule has 2 aromatic heterocycles. The number of rotatable bonds is 4. The van der Waals surface area contributed by atoms with Crippen LogP contribution >= 0.6 is 11.6 Å². The molecule has 1 unspecified atom stereocenters. The van der Waals surface area contributed by atoms with Gasteiger partial charge in [0.15, 0.2) is 5.82 Å². The van der Waals surface area contributed by atoms with E-state index < -0.39 is 0 Å². The molecule has 8 heteroatoms. The van der Waals surface area contributed by atoms with Gasteiger partial charge in [-0.1, -0.05) is 23.7 Å². The Kier molecular flexibility index (Phi) is 5.51. The number of carbonyl (C=O) groups excluding carboxylic acids is 1. The highest BCUT2D eigenvalue weighted by Crippen LogP contribution is 2.27. The molecule has 4 aromatic rings. The highest BCUT2D eigenvalue weighted by Gasteiger charge is 2.29. The van der Waals surface area contributed by atoms with Crippen molar-refractivity contribution >= 4 is 17.5 Å². The van der Waals surface area contributed by atoms with Crippen LogP contribution in [0.25, 0.3) is 11.5 Å². The molecule has 0 N–H and O–H groups in total. The van der Waals surface area contributed by atoms with Crippen LogP contribution in [0.15, 0.2) is 79.3 Å². The van der Waals surface area contributed by atoms with Crippen LogP contribution in [-0.2, 0) is 4.74 Å². The van der Waals surface area contributed by atoms with Crippen molar-refractivity contribution in [2.45, 2.75) is 6.10 Å². The Morgan fingerprint density at radius 1 is 1.06 bits per heavy atom. The van der Waals surface area contributed by atoms with E-state index in [9.17, 15) is 9.18 Å². The zero-order valence-electron chi connectivity index (χ0n) is 17.1. The molecule has 1 atom stereocenters. The van der Waals surface area contributed by atoms with E-state index >= 15 is 0 Å². The smallest absolute Gasteiger partial charge is 0.259 e. The molecule has 1 aliphatic rings. The number of hydrogen-bond donors (Lipinski definition) is 0. The van der Waals surface area contributed by atoms with Crippen LogP contribution < -0.4 is 0 Å². The second-order valence-corrected chi connectivity index (χ2v) is 7.96. The lowest BCUT2D eigenvalue weighted by molar-refractivity contribution is -0.0228. The number of carbonyl (C=O) groups is 1. The summed E-state index contributed by atoms with van der Waals surface area (Å²) in [6, 6.07) is 17.2. The number of ether oxygens (including phenoxy) is 1. The molecule has 0 saturated carbocycles. The topological polar surface area (TPSA) is 52.3 Å². The highest BCUT2D eigenvalue weighted by molar-refractivity contribution is 6.30. The van der Waals surface area contributed by atoms with E-state index in [1.165, 1.54) is 12.1 Å². The molecular weight excluding hydrogens is 431 g/mol. The van der Waals surface area contributed by atoms with Crippen molar-refractivity contribution in [1.82, 2.24) is 19.2 Å². The first-order chi connectivity index (χ1) is 15.6. The molecule has 162 valence electrons. The number of amides is 1. The quantitative estimate of drug-likeness (QED) is 0.454. The summed E-state index contributed by atoms with van der Waals surface area (Å²) in [6.45, 7) is 1.34. The van der Waals surface area contributed by atoms with E-state index in [0.29, 0.717) is 41.8 Å². The number of benzene rings is 2. The van der Waals surface area contributed by atoms with E-state index in [-0.39, 0.29) is 17.8 Å². The summed E-state index contributed by atoms with van der Waals surface area (Å²) in [5.41, 5.74) is 2.09. The third-order valence-corrected chi connectivity index (χ3v) is 5.74. The van der Waals surface area contributed by atoms with Crippen LogP contribution in [0.3, 0.4) is 0 Å². The molecule has 0 spiro atoms. The van der Waals surface area contributed by atoms with Crippen LogP contribution in [-0.4, -0.2) is 44.9 Å². The predicted molar refractivity (Wildman–Crippen MR) is 119 cm³/mol. The Labute approximate surface area is 189 Å². The molecule has 6 nitrogen and oxygen atoms in total. The van der Waals surface area contributed by atoms with Gasteiger partial charge in [0.1, 0.15) is 17.5 Å². The third kappa shape index (κ3) is 3.92. The van der Waals surface area contributed by atoms with Crippen LogP contribution in [0.2, 0.25) is 5.02 Å². The number of aromatic nitrogens is 3. The summed E-state index contributed by atoms with van der Waals surface area (Å²) in [6.07, 6.45) is 5.04. The average molecular weight is 451 g/mol. The van der Waals surface area contributed by atoms with Gasteiger partial charge in [0, 0.05) is 24.0 Å². The van der Waals surface area contributed by atoms with Gasteiger partial charge in [-0.2, -0.15) is 5.10 Å². The Balaban J connectivity index is 1.48. The monoisotopic (exact) mass is 450 g/mol. The van der Waals surface area contributed by atoms with Gasteiger partial charge in [0.25, 0.3) is 5.91 Å². The lowest BCUT2D eigenvalue weighted by atomic mass is 10.1. The van der Waals surface area contributed by atoms with Crippen molar-refractivity contribution in [2.24, 2.45) is 0 Å². The minimum atomic E-state index is -0.332. The van der Waals surface area contributed by atoms with E-state index in [1.54, 1.807) is 27.9 Å². The summed E-state index contributed by atoms with van der Waals surface area (Å²) in [5, 5.41) is 5.11. The summed E-state index contributed by atoms with van der Waals surface area (Å²) in [7, 11) is 0. The molecule has 3 heterocycles. The Bertz CT molecular complexity index is 1220. The zero-order chi connectivity index (χ0) is 22.1. The molecule has 0 aliphatic carbocycles. The number of halogens is 2. The lowest BCUT2D eigenvalue weighted by Crippen LogP contribution is -2.42. The fourth-order valence-electron chi connectivity index (χ4n) is 3.87. The summed E-state index contributed by atoms with van der Waals surface area (Å²) < 4.78 is 22.8. The second kappa shape index (κ2) is 8.61. The summed E-state index contributed by atoms with van der Waals surface area (Å²) in [5.74, 6) is 0.131.